The van der Waals surface area contributed by atoms with Crippen molar-refractivity contribution in [2.45, 2.75) is 0 Å². The second kappa shape index (κ2) is 7.24. The molecule has 0 radical (unpaired) electrons. The average molecular weight is 300 g/mol. The van der Waals surface area contributed by atoms with Crippen molar-refractivity contribution in [3.05, 3.63) is 59.7 Å². The van der Waals surface area contributed by atoms with Crippen LogP contribution in [0.2, 0.25) is 0 Å². The van der Waals surface area contributed by atoms with Gasteiger partial charge in [0.25, 0.3) is 0 Å². The van der Waals surface area contributed by atoms with Gasteiger partial charge in [-0.15, -0.1) is 0 Å². The molecule has 0 aliphatic heterocycles. The molecule has 0 aliphatic rings. The molecule has 22 heavy (non-hydrogen) atoms. The number of carbonyl (C=O) groups is 2. The van der Waals surface area contributed by atoms with E-state index in [1.165, 1.54) is 24.3 Å². The quantitative estimate of drug-likeness (QED) is 0.494. The van der Waals surface area contributed by atoms with Gasteiger partial charge in [-0.2, -0.15) is 0 Å². The van der Waals surface area contributed by atoms with Crippen molar-refractivity contribution in [2.75, 3.05) is 18.9 Å². The first-order valence-electron chi connectivity index (χ1n) is 6.65. The van der Waals surface area contributed by atoms with E-state index in [1.807, 2.05) is 0 Å². The van der Waals surface area contributed by atoms with Gasteiger partial charge in [-0.05, 0) is 48.5 Å². The minimum atomic E-state index is -0.729. The van der Waals surface area contributed by atoms with Gasteiger partial charge in [-0.3, -0.25) is 0 Å². The number of anilines is 1. The predicted octanol–water partition coefficient (Wildman–Crippen LogP) is 1.60. The van der Waals surface area contributed by atoms with Crippen molar-refractivity contribution < 1.29 is 19.1 Å². The number of nitrogen functional groups attached to an aromatic ring is 1. The largest absolute Gasteiger partial charge is 0.492 e. The van der Waals surface area contributed by atoms with Crippen LogP contribution in [0.5, 0.6) is 5.75 Å². The van der Waals surface area contributed by atoms with Crippen LogP contribution in [0.4, 0.5) is 5.69 Å². The Kier molecular flexibility index (Phi) is 5.11. The fourth-order valence-electron chi connectivity index (χ4n) is 1.69. The van der Waals surface area contributed by atoms with Crippen LogP contribution in [0.1, 0.15) is 20.7 Å². The maximum absolute atomic E-state index is 11.9. The summed E-state index contributed by atoms with van der Waals surface area (Å²) in [4.78, 5) is 23.7. The highest BCUT2D eigenvalue weighted by atomic mass is 16.6. The Morgan fingerprint density at radius 2 is 1.36 bits per heavy atom. The molecule has 0 aromatic heterocycles. The van der Waals surface area contributed by atoms with Crippen molar-refractivity contribution >= 4 is 17.6 Å². The standard InChI is InChI=1S/C16H16N2O4/c17-9-10-21-14-7-3-12(4-8-14)16(20)22-15(19)11-1-5-13(18)6-2-11/h1-8H,9-10,17-18H2. The first-order chi connectivity index (χ1) is 10.6. The van der Waals surface area contributed by atoms with Crippen molar-refractivity contribution in [2.24, 2.45) is 5.73 Å². The van der Waals surface area contributed by atoms with Gasteiger partial charge in [0.1, 0.15) is 12.4 Å². The van der Waals surface area contributed by atoms with Gasteiger partial charge in [0.15, 0.2) is 0 Å². The number of nitrogens with two attached hydrogens (primary N) is 2. The van der Waals surface area contributed by atoms with E-state index in [1.54, 1.807) is 24.3 Å². The van der Waals surface area contributed by atoms with Crippen molar-refractivity contribution in [1.82, 2.24) is 0 Å². The summed E-state index contributed by atoms with van der Waals surface area (Å²) in [6, 6.07) is 12.4. The Morgan fingerprint density at radius 1 is 0.864 bits per heavy atom. The summed E-state index contributed by atoms with van der Waals surface area (Å²) in [7, 11) is 0. The number of hydrogen-bond acceptors (Lipinski definition) is 6. The molecule has 0 saturated carbocycles. The second-order valence-corrected chi connectivity index (χ2v) is 4.46. The van der Waals surface area contributed by atoms with E-state index in [2.05, 4.69) is 0 Å². The average Bonchev–Trinajstić information content (AvgIpc) is 2.54. The maximum Gasteiger partial charge on any atom is 0.346 e. The molecule has 6 heteroatoms. The number of esters is 2. The first-order valence-corrected chi connectivity index (χ1v) is 6.65. The normalized spacial score (nSPS) is 10.0. The zero-order valence-corrected chi connectivity index (χ0v) is 11.8. The van der Waals surface area contributed by atoms with E-state index in [-0.39, 0.29) is 11.1 Å². The molecule has 2 aromatic rings. The third-order valence-electron chi connectivity index (χ3n) is 2.81. The molecule has 2 rings (SSSR count). The van der Waals surface area contributed by atoms with Crippen LogP contribution < -0.4 is 16.2 Å². The molecule has 0 atom stereocenters. The molecular weight excluding hydrogens is 284 g/mol. The minimum absolute atomic E-state index is 0.254. The van der Waals surface area contributed by atoms with E-state index in [9.17, 15) is 9.59 Å². The van der Waals surface area contributed by atoms with Crippen molar-refractivity contribution in [3.8, 4) is 5.75 Å². The number of hydrogen-bond donors (Lipinski definition) is 2. The predicted molar refractivity (Wildman–Crippen MR) is 81.6 cm³/mol. The van der Waals surface area contributed by atoms with E-state index in [0.29, 0.717) is 24.6 Å². The highest BCUT2D eigenvalue weighted by Crippen LogP contribution is 2.14. The lowest BCUT2D eigenvalue weighted by molar-refractivity contribution is 0.0398. The van der Waals surface area contributed by atoms with Gasteiger partial charge in [0.05, 0.1) is 11.1 Å². The van der Waals surface area contributed by atoms with E-state index >= 15 is 0 Å². The summed E-state index contributed by atoms with van der Waals surface area (Å²) < 4.78 is 10.1. The molecule has 0 unspecified atom stereocenters. The summed E-state index contributed by atoms with van der Waals surface area (Å²) in [5, 5.41) is 0. The molecular formula is C16H16N2O4. The lowest BCUT2D eigenvalue weighted by Gasteiger charge is -2.06. The highest BCUT2D eigenvalue weighted by Gasteiger charge is 2.14. The molecule has 0 fully saturated rings. The van der Waals surface area contributed by atoms with Crippen molar-refractivity contribution in [1.29, 1.82) is 0 Å². The van der Waals surface area contributed by atoms with Crippen LogP contribution >= 0.6 is 0 Å². The monoisotopic (exact) mass is 300 g/mol. The Hall–Kier alpha value is -2.86. The van der Waals surface area contributed by atoms with Gasteiger partial charge >= 0.3 is 11.9 Å². The van der Waals surface area contributed by atoms with Crippen LogP contribution in [0.15, 0.2) is 48.5 Å². The minimum Gasteiger partial charge on any atom is -0.492 e. The zero-order chi connectivity index (χ0) is 15.9. The van der Waals surface area contributed by atoms with E-state index in [0.717, 1.165) is 0 Å². The maximum atomic E-state index is 11.9. The third kappa shape index (κ3) is 4.07. The zero-order valence-electron chi connectivity index (χ0n) is 11.8. The molecule has 6 nitrogen and oxygen atoms in total. The Bertz CT molecular complexity index is 651. The van der Waals surface area contributed by atoms with Crippen LogP contribution in [0.3, 0.4) is 0 Å². The van der Waals surface area contributed by atoms with Crippen molar-refractivity contribution in [3.63, 3.8) is 0 Å². The van der Waals surface area contributed by atoms with E-state index in [4.69, 9.17) is 20.9 Å². The molecule has 0 bridgehead atoms. The number of rotatable bonds is 5. The molecule has 0 spiro atoms. The molecule has 4 N–H and O–H groups in total. The first kappa shape index (κ1) is 15.5. The smallest absolute Gasteiger partial charge is 0.346 e. The molecule has 0 saturated heterocycles. The number of benzene rings is 2. The van der Waals surface area contributed by atoms with Gasteiger partial charge in [0, 0.05) is 12.2 Å². The molecule has 2 aromatic carbocycles. The van der Waals surface area contributed by atoms with Gasteiger partial charge in [-0.25, -0.2) is 9.59 Å². The SMILES string of the molecule is NCCOc1ccc(C(=O)OC(=O)c2ccc(N)cc2)cc1. The fourth-order valence-corrected chi connectivity index (χ4v) is 1.69. The summed E-state index contributed by atoms with van der Waals surface area (Å²) in [6.07, 6.45) is 0. The number of ether oxygens (including phenoxy) is 2. The topological polar surface area (TPSA) is 105 Å². The van der Waals surface area contributed by atoms with Crippen LogP contribution in [-0.4, -0.2) is 25.1 Å². The molecule has 0 heterocycles. The summed E-state index contributed by atoms with van der Waals surface area (Å²) in [5.74, 6) is -0.868. The molecule has 114 valence electrons. The number of carbonyl (C=O) groups excluding carboxylic acids is 2. The van der Waals surface area contributed by atoms with Gasteiger partial charge < -0.3 is 20.9 Å². The van der Waals surface area contributed by atoms with Crippen LogP contribution in [-0.2, 0) is 4.74 Å². The van der Waals surface area contributed by atoms with Crippen LogP contribution in [0.25, 0.3) is 0 Å². The Morgan fingerprint density at radius 3 is 1.86 bits per heavy atom. The Balaban J connectivity index is 1.99. The molecule has 0 amide bonds. The second-order valence-electron chi connectivity index (χ2n) is 4.46. The lowest BCUT2D eigenvalue weighted by Crippen LogP contribution is -2.13. The highest BCUT2D eigenvalue weighted by molar-refractivity contribution is 6.02. The van der Waals surface area contributed by atoms with Gasteiger partial charge in [-0.1, -0.05) is 0 Å². The van der Waals surface area contributed by atoms with Crippen LogP contribution in [0, 0.1) is 0 Å². The van der Waals surface area contributed by atoms with Gasteiger partial charge in [0.2, 0.25) is 0 Å². The summed E-state index contributed by atoms with van der Waals surface area (Å²) in [5.41, 5.74) is 11.9. The third-order valence-corrected chi connectivity index (χ3v) is 2.81. The summed E-state index contributed by atoms with van der Waals surface area (Å²) >= 11 is 0. The summed E-state index contributed by atoms with van der Waals surface area (Å²) in [6.45, 7) is 0.791. The fraction of sp³-hybridized carbons (Fsp3) is 0.125. The molecule has 0 aliphatic carbocycles. The Labute approximate surface area is 127 Å². The van der Waals surface area contributed by atoms with E-state index < -0.39 is 11.9 Å². The lowest BCUT2D eigenvalue weighted by atomic mass is 10.2.